The van der Waals surface area contributed by atoms with Crippen molar-refractivity contribution in [3.05, 3.63) is 11.8 Å². The van der Waals surface area contributed by atoms with Gasteiger partial charge in [0.25, 0.3) is 0 Å². The van der Waals surface area contributed by atoms with E-state index in [4.69, 9.17) is 4.74 Å². The monoisotopic (exact) mass is 296 g/mol. The van der Waals surface area contributed by atoms with Gasteiger partial charge < -0.3 is 10.1 Å². The van der Waals surface area contributed by atoms with Crippen LogP contribution in [-0.2, 0) is 0 Å². The molecule has 0 aliphatic carbocycles. The Morgan fingerprint density at radius 1 is 1.35 bits per heavy atom. The fourth-order valence-corrected chi connectivity index (χ4v) is 3.05. The van der Waals surface area contributed by atoms with Crippen molar-refractivity contribution in [1.82, 2.24) is 14.9 Å². The summed E-state index contributed by atoms with van der Waals surface area (Å²) in [5.74, 6) is 3.79. The third-order valence-electron chi connectivity index (χ3n) is 3.00. The zero-order valence-electron chi connectivity index (χ0n) is 12.6. The average molecular weight is 296 g/mol. The largest absolute Gasteiger partial charge is 0.475 e. The number of hydrogen-bond acceptors (Lipinski definition) is 6. The van der Waals surface area contributed by atoms with E-state index in [1.54, 1.807) is 0 Å². The van der Waals surface area contributed by atoms with E-state index in [2.05, 4.69) is 20.2 Å². The summed E-state index contributed by atoms with van der Waals surface area (Å²) in [6.07, 6.45) is 0.128. The van der Waals surface area contributed by atoms with Crippen LogP contribution >= 0.6 is 11.8 Å². The number of anilines is 1. The van der Waals surface area contributed by atoms with E-state index >= 15 is 0 Å². The molecule has 0 unspecified atom stereocenters. The summed E-state index contributed by atoms with van der Waals surface area (Å²) >= 11 is 2.03. The zero-order chi connectivity index (χ0) is 14.4. The van der Waals surface area contributed by atoms with E-state index in [0.29, 0.717) is 11.8 Å². The molecule has 1 aliphatic rings. The number of aryl methyl sites for hydroxylation is 1. The molecule has 1 N–H and O–H groups in total. The minimum atomic E-state index is 0.128. The van der Waals surface area contributed by atoms with Gasteiger partial charge in [-0.05, 0) is 20.8 Å². The SMILES string of the molecule is Cc1cc(OC(C)C)nc(NCCN2CCSCC2)n1. The summed E-state index contributed by atoms with van der Waals surface area (Å²) < 4.78 is 5.63. The van der Waals surface area contributed by atoms with Crippen molar-refractivity contribution in [3.8, 4) is 5.88 Å². The first-order valence-electron chi connectivity index (χ1n) is 7.20. The van der Waals surface area contributed by atoms with Crippen LogP contribution in [0.2, 0.25) is 0 Å². The maximum absolute atomic E-state index is 5.63. The summed E-state index contributed by atoms with van der Waals surface area (Å²) in [6.45, 7) is 10.2. The lowest BCUT2D eigenvalue weighted by molar-refractivity contribution is 0.232. The van der Waals surface area contributed by atoms with Crippen LogP contribution in [0.4, 0.5) is 5.95 Å². The lowest BCUT2D eigenvalue weighted by Gasteiger charge is -2.26. The zero-order valence-corrected chi connectivity index (χ0v) is 13.4. The summed E-state index contributed by atoms with van der Waals surface area (Å²) in [6, 6.07) is 1.87. The van der Waals surface area contributed by atoms with Gasteiger partial charge in [0, 0.05) is 49.4 Å². The van der Waals surface area contributed by atoms with Gasteiger partial charge >= 0.3 is 0 Å². The van der Waals surface area contributed by atoms with Crippen LogP contribution in [0.3, 0.4) is 0 Å². The molecule has 0 atom stereocenters. The van der Waals surface area contributed by atoms with Gasteiger partial charge in [-0.1, -0.05) is 0 Å². The van der Waals surface area contributed by atoms with Crippen molar-refractivity contribution in [2.45, 2.75) is 26.9 Å². The van der Waals surface area contributed by atoms with Gasteiger partial charge in [0.1, 0.15) is 0 Å². The Morgan fingerprint density at radius 3 is 2.80 bits per heavy atom. The first-order chi connectivity index (χ1) is 9.63. The third-order valence-corrected chi connectivity index (χ3v) is 3.94. The third kappa shape index (κ3) is 5.17. The smallest absolute Gasteiger partial charge is 0.226 e. The molecule has 6 heteroatoms. The Hall–Kier alpha value is -1.01. The molecule has 20 heavy (non-hydrogen) atoms. The van der Waals surface area contributed by atoms with Gasteiger partial charge in [0.2, 0.25) is 11.8 Å². The Morgan fingerprint density at radius 2 is 2.10 bits per heavy atom. The molecule has 5 nitrogen and oxygen atoms in total. The van der Waals surface area contributed by atoms with Crippen LogP contribution < -0.4 is 10.1 Å². The number of thioether (sulfide) groups is 1. The number of hydrogen-bond donors (Lipinski definition) is 1. The normalized spacial score (nSPS) is 16.4. The van der Waals surface area contributed by atoms with Crippen LogP contribution in [0.1, 0.15) is 19.5 Å². The lowest BCUT2D eigenvalue weighted by atomic mass is 10.4. The molecule has 1 aromatic rings. The van der Waals surface area contributed by atoms with Crippen LogP contribution in [0, 0.1) is 6.92 Å². The molecule has 1 fully saturated rings. The number of ether oxygens (including phenoxy) is 1. The molecular formula is C14H24N4OS. The molecule has 1 aliphatic heterocycles. The van der Waals surface area contributed by atoms with Crippen LogP contribution in [0.5, 0.6) is 5.88 Å². The molecule has 0 amide bonds. The van der Waals surface area contributed by atoms with E-state index < -0.39 is 0 Å². The quantitative estimate of drug-likeness (QED) is 0.867. The Kier molecular flexibility index (Phi) is 5.91. The number of nitrogens with one attached hydrogen (secondary N) is 1. The van der Waals surface area contributed by atoms with Crippen LogP contribution in [0.15, 0.2) is 6.07 Å². The molecule has 1 aromatic heterocycles. The standard InChI is InChI=1S/C14H24N4OS/c1-11(2)19-13-10-12(3)16-14(17-13)15-4-5-18-6-8-20-9-7-18/h10-11H,4-9H2,1-3H3,(H,15,16,17). The summed E-state index contributed by atoms with van der Waals surface area (Å²) in [5.41, 5.74) is 0.924. The molecule has 0 aromatic carbocycles. The molecule has 1 saturated heterocycles. The van der Waals surface area contributed by atoms with Crippen molar-refractivity contribution in [2.75, 3.05) is 43.0 Å². The second-order valence-electron chi connectivity index (χ2n) is 5.22. The highest BCUT2D eigenvalue weighted by Gasteiger charge is 2.10. The van der Waals surface area contributed by atoms with E-state index in [-0.39, 0.29) is 6.10 Å². The number of nitrogens with zero attached hydrogens (tertiary/aromatic N) is 3. The van der Waals surface area contributed by atoms with E-state index in [1.807, 2.05) is 38.6 Å². The van der Waals surface area contributed by atoms with Crippen molar-refractivity contribution in [2.24, 2.45) is 0 Å². The van der Waals surface area contributed by atoms with Crippen molar-refractivity contribution in [3.63, 3.8) is 0 Å². The maximum atomic E-state index is 5.63. The Bertz CT molecular complexity index is 422. The van der Waals surface area contributed by atoms with Gasteiger partial charge in [-0.15, -0.1) is 0 Å². The fraction of sp³-hybridized carbons (Fsp3) is 0.714. The highest BCUT2D eigenvalue weighted by Crippen LogP contribution is 2.13. The highest BCUT2D eigenvalue weighted by atomic mass is 32.2. The molecule has 0 spiro atoms. The summed E-state index contributed by atoms with van der Waals surface area (Å²) in [7, 11) is 0. The Labute approximate surface area is 125 Å². The fourth-order valence-electron chi connectivity index (χ4n) is 2.07. The molecule has 2 heterocycles. The predicted octanol–water partition coefficient (Wildman–Crippen LogP) is 2.03. The van der Waals surface area contributed by atoms with Crippen molar-refractivity contribution in [1.29, 1.82) is 0 Å². The van der Waals surface area contributed by atoms with E-state index in [9.17, 15) is 0 Å². The van der Waals surface area contributed by atoms with Gasteiger partial charge in [-0.3, -0.25) is 4.90 Å². The van der Waals surface area contributed by atoms with Gasteiger partial charge in [-0.25, -0.2) is 4.98 Å². The molecule has 112 valence electrons. The second kappa shape index (κ2) is 7.69. The van der Waals surface area contributed by atoms with Gasteiger partial charge in [-0.2, -0.15) is 16.7 Å². The van der Waals surface area contributed by atoms with Crippen LogP contribution in [-0.4, -0.2) is 58.7 Å². The molecule has 0 saturated carbocycles. The number of rotatable bonds is 6. The van der Waals surface area contributed by atoms with E-state index in [1.165, 1.54) is 24.6 Å². The van der Waals surface area contributed by atoms with Gasteiger partial charge in [0.05, 0.1) is 6.10 Å². The molecule has 0 bridgehead atoms. The number of aromatic nitrogens is 2. The van der Waals surface area contributed by atoms with Crippen molar-refractivity contribution < 1.29 is 4.74 Å². The first-order valence-corrected chi connectivity index (χ1v) is 8.35. The first kappa shape index (κ1) is 15.4. The maximum Gasteiger partial charge on any atom is 0.226 e. The minimum Gasteiger partial charge on any atom is -0.475 e. The Balaban J connectivity index is 1.83. The average Bonchev–Trinajstić information content (AvgIpc) is 2.38. The van der Waals surface area contributed by atoms with Crippen LogP contribution in [0.25, 0.3) is 0 Å². The lowest BCUT2D eigenvalue weighted by Crippen LogP contribution is -2.36. The highest BCUT2D eigenvalue weighted by molar-refractivity contribution is 7.99. The summed E-state index contributed by atoms with van der Waals surface area (Å²) in [5, 5.41) is 3.30. The van der Waals surface area contributed by atoms with E-state index in [0.717, 1.165) is 18.8 Å². The van der Waals surface area contributed by atoms with Crippen molar-refractivity contribution >= 4 is 17.7 Å². The molecular weight excluding hydrogens is 272 g/mol. The second-order valence-corrected chi connectivity index (χ2v) is 6.44. The molecule has 0 radical (unpaired) electrons. The minimum absolute atomic E-state index is 0.128. The molecule has 2 rings (SSSR count). The van der Waals surface area contributed by atoms with Gasteiger partial charge in [0.15, 0.2) is 0 Å². The predicted molar refractivity (Wildman–Crippen MR) is 84.8 cm³/mol. The topological polar surface area (TPSA) is 50.3 Å². The summed E-state index contributed by atoms with van der Waals surface area (Å²) in [4.78, 5) is 11.3.